The van der Waals surface area contributed by atoms with Gasteiger partial charge in [0.1, 0.15) is 0 Å². The zero-order valence-electron chi connectivity index (χ0n) is 10.9. The SMILES string of the molecule is CO/C1=C/C=C/SCCN(C(=O)CI)CC(C)C1. The monoisotopic (exact) mass is 381 g/mol. The molecule has 0 aromatic carbocycles. The number of rotatable bonds is 2. The summed E-state index contributed by atoms with van der Waals surface area (Å²) in [6, 6.07) is 0. The summed E-state index contributed by atoms with van der Waals surface area (Å²) in [7, 11) is 1.70. The Hall–Kier alpha value is -0.170. The molecule has 0 fully saturated rings. The van der Waals surface area contributed by atoms with Gasteiger partial charge in [-0.05, 0) is 17.4 Å². The van der Waals surface area contributed by atoms with Crippen molar-refractivity contribution in [2.24, 2.45) is 5.92 Å². The van der Waals surface area contributed by atoms with Crippen LogP contribution in [0.25, 0.3) is 0 Å². The zero-order chi connectivity index (χ0) is 13.4. The molecule has 0 aromatic heterocycles. The van der Waals surface area contributed by atoms with Crippen LogP contribution in [0.4, 0.5) is 0 Å². The van der Waals surface area contributed by atoms with E-state index < -0.39 is 0 Å². The van der Waals surface area contributed by atoms with Gasteiger partial charge in [-0.15, -0.1) is 11.8 Å². The average Bonchev–Trinajstić information content (AvgIpc) is 2.41. The molecule has 0 N–H and O–H groups in total. The third-order valence-corrected chi connectivity index (χ3v) is 4.17. The number of carbonyl (C=O) groups excluding carboxylic acids is 1. The molecule has 1 aliphatic rings. The molecule has 0 radical (unpaired) electrons. The van der Waals surface area contributed by atoms with Crippen LogP contribution in [-0.2, 0) is 9.53 Å². The topological polar surface area (TPSA) is 29.5 Å². The Morgan fingerprint density at radius 3 is 3.11 bits per heavy atom. The standard InChI is InChI=1S/C13H20INO2S/c1-11-8-12(17-2)4-3-6-18-7-5-15(10-11)13(16)9-14/h3-4,6,11H,5,7-10H2,1-2H3/b6-3+,12-4+. The first-order valence-electron chi connectivity index (χ1n) is 6.02. The maximum atomic E-state index is 11.9. The molecule has 0 bridgehead atoms. The highest BCUT2D eigenvalue weighted by Crippen LogP contribution is 2.16. The molecule has 1 rings (SSSR count). The van der Waals surface area contributed by atoms with Crippen LogP contribution in [0.2, 0.25) is 0 Å². The quantitative estimate of drug-likeness (QED) is 0.544. The van der Waals surface area contributed by atoms with Crippen molar-refractivity contribution >= 4 is 40.3 Å². The van der Waals surface area contributed by atoms with Crippen LogP contribution in [0.1, 0.15) is 13.3 Å². The van der Waals surface area contributed by atoms with Crippen LogP contribution >= 0.6 is 34.4 Å². The molecule has 0 aliphatic carbocycles. The summed E-state index contributed by atoms with van der Waals surface area (Å²) in [4.78, 5) is 13.8. The molecule has 1 unspecified atom stereocenters. The Kier molecular flexibility index (Phi) is 7.81. The van der Waals surface area contributed by atoms with E-state index in [9.17, 15) is 4.79 Å². The highest BCUT2D eigenvalue weighted by atomic mass is 127. The maximum Gasteiger partial charge on any atom is 0.232 e. The summed E-state index contributed by atoms with van der Waals surface area (Å²) < 4.78 is 5.91. The second-order valence-corrected chi connectivity index (χ2v) is 6.10. The van der Waals surface area contributed by atoms with E-state index >= 15 is 0 Å². The van der Waals surface area contributed by atoms with E-state index in [4.69, 9.17) is 4.74 Å². The van der Waals surface area contributed by atoms with Gasteiger partial charge in [0.2, 0.25) is 5.91 Å². The summed E-state index contributed by atoms with van der Waals surface area (Å²) in [5.74, 6) is 2.57. The van der Waals surface area contributed by atoms with E-state index in [-0.39, 0.29) is 5.91 Å². The molecule has 1 aliphatic heterocycles. The van der Waals surface area contributed by atoms with Gasteiger partial charge in [0, 0.05) is 25.3 Å². The van der Waals surface area contributed by atoms with Crippen molar-refractivity contribution in [2.45, 2.75) is 13.3 Å². The Labute approximate surface area is 127 Å². The summed E-state index contributed by atoms with van der Waals surface area (Å²) in [6.45, 7) is 3.79. The van der Waals surface area contributed by atoms with Gasteiger partial charge in [-0.25, -0.2) is 0 Å². The van der Waals surface area contributed by atoms with Crippen molar-refractivity contribution in [2.75, 3.05) is 30.4 Å². The third kappa shape index (κ3) is 5.65. The van der Waals surface area contributed by atoms with Gasteiger partial charge in [0.15, 0.2) is 0 Å². The number of amides is 1. The fourth-order valence-electron chi connectivity index (χ4n) is 1.84. The number of nitrogens with zero attached hydrogens (tertiary/aromatic N) is 1. The number of methoxy groups -OCH3 is 1. The average molecular weight is 381 g/mol. The molecular weight excluding hydrogens is 361 g/mol. The van der Waals surface area contributed by atoms with E-state index in [0.29, 0.717) is 10.3 Å². The lowest BCUT2D eigenvalue weighted by Gasteiger charge is -2.25. The van der Waals surface area contributed by atoms with E-state index in [1.165, 1.54) is 0 Å². The molecule has 102 valence electrons. The Morgan fingerprint density at radius 2 is 2.44 bits per heavy atom. The van der Waals surface area contributed by atoms with Crippen molar-refractivity contribution in [1.29, 1.82) is 0 Å². The van der Waals surface area contributed by atoms with Crippen LogP contribution in [0.3, 0.4) is 0 Å². The highest BCUT2D eigenvalue weighted by molar-refractivity contribution is 14.1. The van der Waals surface area contributed by atoms with Crippen molar-refractivity contribution in [3.8, 4) is 0 Å². The molecule has 0 saturated heterocycles. The Balaban J connectivity index is 2.72. The third-order valence-electron chi connectivity index (χ3n) is 2.75. The van der Waals surface area contributed by atoms with Crippen molar-refractivity contribution in [1.82, 2.24) is 4.90 Å². The fraction of sp³-hybridized carbons (Fsp3) is 0.615. The number of hydrogen-bond donors (Lipinski definition) is 0. The van der Waals surface area contributed by atoms with Crippen molar-refractivity contribution in [3.05, 3.63) is 23.3 Å². The Bertz CT molecular complexity index is 331. The van der Waals surface area contributed by atoms with Crippen molar-refractivity contribution < 1.29 is 9.53 Å². The zero-order valence-corrected chi connectivity index (χ0v) is 13.9. The number of thioether (sulfide) groups is 1. The number of alkyl halides is 1. The molecule has 3 nitrogen and oxygen atoms in total. The van der Waals surface area contributed by atoms with Crippen LogP contribution in [0.5, 0.6) is 0 Å². The normalized spacial score (nSPS) is 26.7. The number of allylic oxidation sites excluding steroid dienone is 3. The molecule has 1 amide bonds. The molecular formula is C13H20INO2S. The second kappa shape index (κ2) is 8.85. The maximum absolute atomic E-state index is 11.9. The van der Waals surface area contributed by atoms with Gasteiger partial charge in [-0.3, -0.25) is 4.79 Å². The van der Waals surface area contributed by atoms with Crippen LogP contribution in [0, 0.1) is 5.92 Å². The van der Waals surface area contributed by atoms with Gasteiger partial charge in [0.25, 0.3) is 0 Å². The lowest BCUT2D eigenvalue weighted by atomic mass is 10.1. The van der Waals surface area contributed by atoms with Gasteiger partial charge < -0.3 is 9.64 Å². The van der Waals surface area contributed by atoms with E-state index in [2.05, 4.69) is 34.9 Å². The Morgan fingerprint density at radius 1 is 1.67 bits per heavy atom. The molecule has 0 aromatic rings. The molecule has 5 heteroatoms. The lowest BCUT2D eigenvalue weighted by Crippen LogP contribution is -2.37. The number of ether oxygens (including phenoxy) is 1. The summed E-state index contributed by atoms with van der Waals surface area (Å²) in [5.41, 5.74) is 0. The van der Waals surface area contributed by atoms with E-state index in [1.807, 2.05) is 17.1 Å². The fourth-order valence-corrected chi connectivity index (χ4v) is 2.97. The lowest BCUT2D eigenvalue weighted by molar-refractivity contribution is -0.128. The number of halogens is 1. The van der Waals surface area contributed by atoms with Crippen LogP contribution in [-0.4, -0.2) is 41.2 Å². The predicted octanol–water partition coefficient (Wildman–Crippen LogP) is 3.07. The number of carbonyl (C=O) groups is 1. The van der Waals surface area contributed by atoms with Gasteiger partial charge in [0.05, 0.1) is 17.3 Å². The first-order valence-corrected chi connectivity index (χ1v) is 8.59. The summed E-state index contributed by atoms with van der Waals surface area (Å²) in [6.07, 6.45) is 4.90. The first-order chi connectivity index (χ1) is 8.67. The molecule has 1 heterocycles. The van der Waals surface area contributed by atoms with Crippen molar-refractivity contribution in [3.63, 3.8) is 0 Å². The minimum Gasteiger partial charge on any atom is -0.501 e. The van der Waals surface area contributed by atoms with E-state index in [0.717, 1.165) is 31.0 Å². The van der Waals surface area contributed by atoms with Gasteiger partial charge >= 0.3 is 0 Å². The molecule has 0 spiro atoms. The minimum absolute atomic E-state index is 0.231. The van der Waals surface area contributed by atoms with Crippen LogP contribution < -0.4 is 0 Å². The molecule has 18 heavy (non-hydrogen) atoms. The summed E-state index contributed by atoms with van der Waals surface area (Å²) in [5, 5.41) is 2.06. The molecule has 0 saturated carbocycles. The second-order valence-electron chi connectivity index (χ2n) is 4.32. The van der Waals surface area contributed by atoms with Crippen LogP contribution in [0.15, 0.2) is 23.3 Å². The molecule has 1 atom stereocenters. The summed E-state index contributed by atoms with van der Waals surface area (Å²) >= 11 is 3.86. The van der Waals surface area contributed by atoms with Gasteiger partial charge in [-0.2, -0.15) is 0 Å². The first kappa shape index (κ1) is 15.9. The largest absolute Gasteiger partial charge is 0.501 e. The smallest absolute Gasteiger partial charge is 0.232 e. The predicted molar refractivity (Wildman–Crippen MR) is 85.9 cm³/mol. The minimum atomic E-state index is 0.231. The van der Waals surface area contributed by atoms with E-state index in [1.54, 1.807) is 18.9 Å². The highest BCUT2D eigenvalue weighted by Gasteiger charge is 2.16. The number of hydrogen-bond acceptors (Lipinski definition) is 3. The van der Waals surface area contributed by atoms with Gasteiger partial charge in [-0.1, -0.05) is 35.6 Å².